The van der Waals surface area contributed by atoms with E-state index in [9.17, 15) is 4.79 Å². The van der Waals surface area contributed by atoms with E-state index in [0.29, 0.717) is 12.1 Å². The van der Waals surface area contributed by atoms with Crippen LogP contribution >= 0.6 is 11.8 Å². The second-order valence-electron chi connectivity index (χ2n) is 8.88. The van der Waals surface area contributed by atoms with Crippen LogP contribution in [0, 0.1) is 11.8 Å². The van der Waals surface area contributed by atoms with Crippen LogP contribution in [-0.4, -0.2) is 25.8 Å². The fourth-order valence-electron chi connectivity index (χ4n) is 3.99. The lowest BCUT2D eigenvalue weighted by molar-refractivity contribution is -0.137. The van der Waals surface area contributed by atoms with Crippen molar-refractivity contribution in [3.63, 3.8) is 0 Å². The van der Waals surface area contributed by atoms with Gasteiger partial charge in [-0.1, -0.05) is 33.6 Å². The second-order valence-corrected chi connectivity index (χ2v) is 10.6. The van der Waals surface area contributed by atoms with E-state index in [4.69, 9.17) is 5.11 Å². The number of rotatable bonds is 5. The first-order valence-electron chi connectivity index (χ1n) is 10.0. The normalized spacial score (nSPS) is 16.4. The molecule has 2 aromatic rings. The summed E-state index contributed by atoms with van der Waals surface area (Å²) >= 11 is 1.95. The van der Waals surface area contributed by atoms with Crippen LogP contribution in [0.1, 0.15) is 75.9 Å². The molecule has 2 heterocycles. The van der Waals surface area contributed by atoms with Crippen molar-refractivity contribution >= 4 is 17.7 Å². The number of benzene rings is 1. The van der Waals surface area contributed by atoms with Gasteiger partial charge in [-0.2, -0.15) is 0 Å². The summed E-state index contributed by atoms with van der Waals surface area (Å²) in [5, 5.41) is 8.67. The van der Waals surface area contributed by atoms with Gasteiger partial charge in [0.15, 0.2) is 0 Å². The highest BCUT2D eigenvalue weighted by Gasteiger charge is 2.37. The monoisotopic (exact) mass is 408 g/mol. The third kappa shape index (κ3) is 5.83. The molecule has 3 rings (SSSR count). The van der Waals surface area contributed by atoms with Gasteiger partial charge in [-0.05, 0) is 60.8 Å². The Bertz CT molecular complexity index is 953. The SMILES string of the molecule is CC1(C)CC(C)(C)c2cc(C#Cc3cnc(CCCCC(=O)O)cn3)ccc2S1. The molecule has 0 fully saturated rings. The Morgan fingerprint density at radius 2 is 1.93 bits per heavy atom. The van der Waals surface area contributed by atoms with Crippen molar-refractivity contribution in [2.75, 3.05) is 0 Å². The molecule has 0 amide bonds. The Morgan fingerprint density at radius 1 is 1.14 bits per heavy atom. The summed E-state index contributed by atoms with van der Waals surface area (Å²) in [6.45, 7) is 9.24. The molecule has 1 aliphatic rings. The highest BCUT2D eigenvalue weighted by molar-refractivity contribution is 8.00. The van der Waals surface area contributed by atoms with Crippen molar-refractivity contribution < 1.29 is 9.90 Å². The van der Waals surface area contributed by atoms with Crippen molar-refractivity contribution in [1.29, 1.82) is 0 Å². The quantitative estimate of drug-likeness (QED) is 0.542. The number of aromatic nitrogens is 2. The van der Waals surface area contributed by atoms with Gasteiger partial charge in [0.1, 0.15) is 5.69 Å². The third-order valence-corrected chi connectivity index (χ3v) is 6.35. The van der Waals surface area contributed by atoms with Gasteiger partial charge in [0, 0.05) is 27.8 Å². The fourth-order valence-corrected chi connectivity index (χ4v) is 5.60. The molecule has 29 heavy (non-hydrogen) atoms. The van der Waals surface area contributed by atoms with Crippen LogP contribution in [0.25, 0.3) is 0 Å². The number of thioether (sulfide) groups is 1. The van der Waals surface area contributed by atoms with Crippen LogP contribution < -0.4 is 0 Å². The summed E-state index contributed by atoms with van der Waals surface area (Å²) in [6.07, 6.45) is 6.95. The summed E-state index contributed by atoms with van der Waals surface area (Å²) in [6, 6.07) is 6.49. The van der Waals surface area contributed by atoms with E-state index < -0.39 is 5.97 Å². The Kier molecular flexibility index (Phi) is 6.33. The van der Waals surface area contributed by atoms with Gasteiger partial charge in [-0.15, -0.1) is 11.8 Å². The zero-order valence-corrected chi connectivity index (χ0v) is 18.4. The maximum Gasteiger partial charge on any atom is 0.303 e. The summed E-state index contributed by atoms with van der Waals surface area (Å²) in [5.41, 5.74) is 4.01. The van der Waals surface area contributed by atoms with Gasteiger partial charge in [-0.25, -0.2) is 4.98 Å². The molecular formula is C24H28N2O2S. The van der Waals surface area contributed by atoms with E-state index in [1.54, 1.807) is 12.4 Å². The lowest BCUT2D eigenvalue weighted by Crippen LogP contribution is -2.33. The molecule has 0 radical (unpaired) electrons. The van der Waals surface area contributed by atoms with E-state index in [-0.39, 0.29) is 16.6 Å². The first-order chi connectivity index (χ1) is 13.6. The predicted molar refractivity (Wildman–Crippen MR) is 117 cm³/mol. The topological polar surface area (TPSA) is 63.1 Å². The lowest BCUT2D eigenvalue weighted by atomic mass is 9.76. The number of aryl methyl sites for hydroxylation is 1. The van der Waals surface area contributed by atoms with Gasteiger partial charge in [0.2, 0.25) is 0 Å². The number of carboxylic acids is 1. The van der Waals surface area contributed by atoms with Crippen LogP contribution in [0.5, 0.6) is 0 Å². The smallest absolute Gasteiger partial charge is 0.303 e. The van der Waals surface area contributed by atoms with Gasteiger partial charge in [0.25, 0.3) is 0 Å². The maximum atomic E-state index is 10.5. The van der Waals surface area contributed by atoms with Crippen LogP contribution in [0.15, 0.2) is 35.5 Å². The standard InChI is InChI=1S/C24H28N2O2S/c1-23(2)16-24(3,4)29-21-12-10-17(13-20(21)23)9-11-19-15-25-18(14-26-19)7-5-6-8-22(27)28/h10,12-15H,5-8,16H2,1-4H3,(H,27,28). The summed E-state index contributed by atoms with van der Waals surface area (Å²) in [4.78, 5) is 20.7. The predicted octanol–water partition coefficient (Wildman–Crippen LogP) is 5.23. The molecule has 1 N–H and O–H groups in total. The second kappa shape index (κ2) is 8.59. The van der Waals surface area contributed by atoms with E-state index in [1.807, 2.05) is 11.8 Å². The number of aliphatic carboxylic acids is 1. The largest absolute Gasteiger partial charge is 0.481 e. The summed E-state index contributed by atoms with van der Waals surface area (Å²) < 4.78 is 0.245. The number of carboxylic acid groups (broad SMARTS) is 1. The highest BCUT2D eigenvalue weighted by Crippen LogP contribution is 2.50. The number of hydrogen-bond donors (Lipinski definition) is 1. The van der Waals surface area contributed by atoms with Crippen LogP contribution in [0.4, 0.5) is 0 Å². The van der Waals surface area contributed by atoms with Crippen molar-refractivity contribution in [2.45, 2.75) is 74.9 Å². The zero-order valence-electron chi connectivity index (χ0n) is 17.6. The first kappa shape index (κ1) is 21.4. The third-order valence-electron chi connectivity index (χ3n) is 5.08. The molecule has 0 aliphatic carbocycles. The van der Waals surface area contributed by atoms with Crippen molar-refractivity contribution in [3.8, 4) is 11.8 Å². The van der Waals surface area contributed by atoms with Gasteiger partial charge in [-0.3, -0.25) is 9.78 Å². The summed E-state index contributed by atoms with van der Waals surface area (Å²) in [7, 11) is 0. The molecule has 0 unspecified atom stereocenters. The van der Waals surface area contributed by atoms with Crippen LogP contribution in [-0.2, 0) is 16.6 Å². The molecule has 152 valence electrons. The molecule has 0 saturated carbocycles. The minimum Gasteiger partial charge on any atom is -0.481 e. The van der Waals surface area contributed by atoms with Crippen LogP contribution in [0.2, 0.25) is 0 Å². The number of unbranched alkanes of at least 4 members (excludes halogenated alkanes) is 1. The summed E-state index contributed by atoms with van der Waals surface area (Å²) in [5.74, 6) is 5.58. The molecule has 1 aromatic heterocycles. The Balaban J connectivity index is 1.68. The van der Waals surface area contributed by atoms with Crippen LogP contribution in [0.3, 0.4) is 0 Å². The van der Waals surface area contributed by atoms with Crippen molar-refractivity contribution in [3.05, 3.63) is 53.1 Å². The number of fused-ring (bicyclic) bond motifs is 1. The van der Waals surface area contributed by atoms with E-state index >= 15 is 0 Å². The van der Waals surface area contributed by atoms with Crippen molar-refractivity contribution in [2.24, 2.45) is 0 Å². The molecule has 1 aromatic carbocycles. The zero-order chi connectivity index (χ0) is 21.1. The van der Waals surface area contributed by atoms with Gasteiger partial charge >= 0.3 is 5.97 Å². The molecule has 0 atom stereocenters. The van der Waals surface area contributed by atoms with E-state index in [0.717, 1.165) is 30.5 Å². The Labute approximate surface area is 177 Å². The van der Waals surface area contributed by atoms with Gasteiger partial charge in [0.05, 0.1) is 11.9 Å². The number of hydrogen-bond acceptors (Lipinski definition) is 4. The Morgan fingerprint density at radius 3 is 2.62 bits per heavy atom. The molecule has 4 nitrogen and oxygen atoms in total. The molecule has 5 heteroatoms. The average molecular weight is 409 g/mol. The molecule has 0 spiro atoms. The number of nitrogens with zero attached hydrogens (tertiary/aromatic N) is 2. The van der Waals surface area contributed by atoms with Crippen molar-refractivity contribution in [1.82, 2.24) is 9.97 Å². The maximum absolute atomic E-state index is 10.5. The lowest BCUT2D eigenvalue weighted by Gasteiger charge is -2.41. The molecule has 0 bridgehead atoms. The molecular weight excluding hydrogens is 380 g/mol. The van der Waals surface area contributed by atoms with Gasteiger partial charge < -0.3 is 5.11 Å². The minimum atomic E-state index is -0.755. The fraction of sp³-hybridized carbons (Fsp3) is 0.458. The molecule has 1 aliphatic heterocycles. The van der Waals surface area contributed by atoms with E-state index in [1.165, 1.54) is 10.5 Å². The highest BCUT2D eigenvalue weighted by atomic mass is 32.2. The average Bonchev–Trinajstić information content (AvgIpc) is 2.63. The molecule has 0 saturated heterocycles. The Hall–Kier alpha value is -2.32. The van der Waals surface area contributed by atoms with E-state index in [2.05, 4.69) is 67.7 Å². The first-order valence-corrected chi connectivity index (χ1v) is 10.8. The number of carbonyl (C=O) groups is 1. The minimum absolute atomic E-state index is 0.129.